The minimum absolute atomic E-state index is 0.0333. The summed E-state index contributed by atoms with van der Waals surface area (Å²) in [5.74, 6) is -0.0333. The molecule has 0 spiro atoms. The molecule has 2 aromatic carbocycles. The average molecular weight is 316 g/mol. The molecular weight excluding hydrogens is 296 g/mol. The number of rotatable bonds is 5. The second-order valence-corrected chi connectivity index (χ2v) is 5.99. The number of hydrogen-bond acceptors (Lipinski definition) is 2. The van der Waals surface area contributed by atoms with Gasteiger partial charge in [0.2, 0.25) is 0 Å². The number of carbonyl (C=O) groups excluding carboxylic acids is 1. The highest BCUT2D eigenvalue weighted by atomic mass is 16.1. The van der Waals surface area contributed by atoms with E-state index in [-0.39, 0.29) is 11.8 Å². The van der Waals surface area contributed by atoms with Gasteiger partial charge in [-0.3, -0.25) is 9.48 Å². The van der Waals surface area contributed by atoms with Crippen LogP contribution in [0.25, 0.3) is 17.2 Å². The maximum atomic E-state index is 12.2. The Morgan fingerprint density at radius 1 is 1.00 bits per heavy atom. The molecule has 0 fully saturated rings. The topological polar surface area (TPSA) is 34.9 Å². The highest BCUT2D eigenvalue weighted by Gasteiger charge is 2.07. The molecule has 0 aliphatic rings. The van der Waals surface area contributed by atoms with E-state index in [4.69, 9.17) is 0 Å². The number of allylic oxidation sites excluding steroid dienone is 1. The van der Waals surface area contributed by atoms with Crippen molar-refractivity contribution >= 4 is 11.9 Å². The maximum Gasteiger partial charge on any atom is 0.189 e. The summed E-state index contributed by atoms with van der Waals surface area (Å²) in [7, 11) is 0. The van der Waals surface area contributed by atoms with Gasteiger partial charge in [-0.15, -0.1) is 0 Å². The summed E-state index contributed by atoms with van der Waals surface area (Å²) in [5, 5.41) is 4.20. The van der Waals surface area contributed by atoms with Crippen molar-refractivity contribution in [2.75, 3.05) is 0 Å². The first-order valence-corrected chi connectivity index (χ1v) is 8.05. The molecule has 0 bridgehead atoms. The van der Waals surface area contributed by atoms with Gasteiger partial charge in [0.15, 0.2) is 5.78 Å². The largest absolute Gasteiger partial charge is 0.289 e. The maximum absolute atomic E-state index is 12.2. The highest BCUT2D eigenvalue weighted by molar-refractivity contribution is 6.06. The number of nitrogens with zero attached hydrogens (tertiary/aromatic N) is 2. The van der Waals surface area contributed by atoms with E-state index in [9.17, 15) is 4.79 Å². The van der Waals surface area contributed by atoms with Crippen LogP contribution >= 0.6 is 0 Å². The summed E-state index contributed by atoms with van der Waals surface area (Å²) in [5.41, 5.74) is 3.96. The van der Waals surface area contributed by atoms with Crippen LogP contribution in [0.4, 0.5) is 0 Å². The molecule has 0 saturated carbocycles. The van der Waals surface area contributed by atoms with Crippen LogP contribution in [-0.4, -0.2) is 15.6 Å². The zero-order valence-corrected chi connectivity index (χ0v) is 13.9. The summed E-state index contributed by atoms with van der Waals surface area (Å²) in [6, 6.07) is 18.6. The van der Waals surface area contributed by atoms with Gasteiger partial charge in [0.05, 0.1) is 11.8 Å². The van der Waals surface area contributed by atoms with Gasteiger partial charge in [-0.25, -0.2) is 0 Å². The molecule has 3 rings (SSSR count). The van der Waals surface area contributed by atoms with Crippen LogP contribution in [0.1, 0.15) is 35.8 Å². The molecule has 0 unspecified atom stereocenters. The third kappa shape index (κ3) is 3.69. The molecule has 0 amide bonds. The summed E-state index contributed by atoms with van der Waals surface area (Å²) in [6.07, 6.45) is 6.84. The van der Waals surface area contributed by atoms with Gasteiger partial charge < -0.3 is 0 Å². The molecule has 1 heterocycles. The first-order valence-electron chi connectivity index (χ1n) is 8.05. The molecule has 0 radical (unpaired) electrons. The lowest BCUT2D eigenvalue weighted by molar-refractivity contribution is 0.104. The molecule has 3 heteroatoms. The minimum Gasteiger partial charge on any atom is -0.289 e. The van der Waals surface area contributed by atoms with Crippen molar-refractivity contribution in [3.05, 3.63) is 84.2 Å². The van der Waals surface area contributed by atoms with Crippen LogP contribution in [-0.2, 0) is 0 Å². The fourth-order valence-corrected chi connectivity index (χ4v) is 2.43. The Bertz CT molecular complexity index is 843. The molecule has 24 heavy (non-hydrogen) atoms. The predicted molar refractivity (Wildman–Crippen MR) is 97.9 cm³/mol. The van der Waals surface area contributed by atoms with Gasteiger partial charge in [-0.05, 0) is 36.6 Å². The monoisotopic (exact) mass is 316 g/mol. The molecule has 1 aromatic heterocycles. The predicted octanol–water partition coefficient (Wildman–Crippen LogP) is 5.03. The third-order valence-electron chi connectivity index (χ3n) is 3.86. The van der Waals surface area contributed by atoms with Crippen LogP contribution in [0.15, 0.2) is 73.1 Å². The van der Waals surface area contributed by atoms with Crippen molar-refractivity contribution < 1.29 is 4.79 Å². The second-order valence-electron chi connectivity index (χ2n) is 5.99. The quantitative estimate of drug-likeness (QED) is 0.489. The van der Waals surface area contributed by atoms with Crippen molar-refractivity contribution in [2.24, 2.45) is 0 Å². The second kappa shape index (κ2) is 7.09. The molecule has 0 atom stereocenters. The first-order chi connectivity index (χ1) is 11.6. The first kappa shape index (κ1) is 15.9. The highest BCUT2D eigenvalue weighted by Crippen LogP contribution is 2.19. The fourth-order valence-electron chi connectivity index (χ4n) is 2.43. The normalized spacial score (nSPS) is 11.3. The third-order valence-corrected chi connectivity index (χ3v) is 3.86. The molecule has 0 saturated heterocycles. The molecule has 0 N–H and O–H groups in total. The van der Waals surface area contributed by atoms with E-state index >= 15 is 0 Å². The van der Waals surface area contributed by atoms with Gasteiger partial charge in [-0.2, -0.15) is 5.10 Å². The van der Waals surface area contributed by atoms with E-state index in [1.54, 1.807) is 23.2 Å². The number of carbonyl (C=O) groups is 1. The number of ketones is 1. The molecule has 0 aliphatic carbocycles. The Labute approximate surface area is 142 Å². The van der Waals surface area contributed by atoms with Gasteiger partial charge in [-0.1, -0.05) is 60.7 Å². The fraction of sp³-hybridized carbons (Fsp3) is 0.143. The van der Waals surface area contributed by atoms with Crippen LogP contribution in [0.3, 0.4) is 0 Å². The molecule has 3 nitrogen and oxygen atoms in total. The lowest BCUT2D eigenvalue weighted by Crippen LogP contribution is -2.00. The standard InChI is InChI=1S/C21H20N2O/c1-16(2)23-15-20(14-22-23)21(24)13-10-17-8-11-19(12-9-17)18-6-4-3-5-7-18/h3-16H,1-2H3. The van der Waals surface area contributed by atoms with Crippen LogP contribution in [0.2, 0.25) is 0 Å². The molecule has 3 aromatic rings. The summed E-state index contributed by atoms with van der Waals surface area (Å²) < 4.78 is 1.79. The average Bonchev–Trinajstić information content (AvgIpc) is 3.11. The number of aromatic nitrogens is 2. The zero-order chi connectivity index (χ0) is 16.9. The number of hydrogen-bond donors (Lipinski definition) is 0. The van der Waals surface area contributed by atoms with Crippen molar-refractivity contribution in [1.82, 2.24) is 9.78 Å². The van der Waals surface area contributed by atoms with E-state index in [1.165, 1.54) is 5.56 Å². The Morgan fingerprint density at radius 3 is 2.29 bits per heavy atom. The Kier molecular flexibility index (Phi) is 4.71. The van der Waals surface area contributed by atoms with Gasteiger partial charge in [0.1, 0.15) is 0 Å². The van der Waals surface area contributed by atoms with Gasteiger partial charge in [0, 0.05) is 12.2 Å². The van der Waals surface area contributed by atoms with Crippen molar-refractivity contribution in [3.63, 3.8) is 0 Å². The number of benzene rings is 2. The lowest BCUT2D eigenvalue weighted by atomic mass is 10.0. The van der Waals surface area contributed by atoms with E-state index in [2.05, 4.69) is 29.4 Å². The Balaban J connectivity index is 1.71. The zero-order valence-electron chi connectivity index (χ0n) is 13.9. The van der Waals surface area contributed by atoms with Crippen molar-refractivity contribution in [1.29, 1.82) is 0 Å². The summed E-state index contributed by atoms with van der Waals surface area (Å²) in [6.45, 7) is 4.07. The smallest absolute Gasteiger partial charge is 0.189 e. The Hall–Kier alpha value is -2.94. The summed E-state index contributed by atoms with van der Waals surface area (Å²) >= 11 is 0. The molecule has 120 valence electrons. The van der Waals surface area contributed by atoms with E-state index in [0.29, 0.717) is 5.56 Å². The van der Waals surface area contributed by atoms with Gasteiger partial charge >= 0.3 is 0 Å². The van der Waals surface area contributed by atoms with E-state index < -0.39 is 0 Å². The van der Waals surface area contributed by atoms with E-state index in [1.807, 2.05) is 50.3 Å². The SMILES string of the molecule is CC(C)n1cc(C(=O)C=Cc2ccc(-c3ccccc3)cc2)cn1. The molecule has 0 aliphatic heterocycles. The Morgan fingerprint density at radius 2 is 1.67 bits per heavy atom. The van der Waals surface area contributed by atoms with Crippen LogP contribution in [0.5, 0.6) is 0 Å². The van der Waals surface area contributed by atoms with Crippen LogP contribution < -0.4 is 0 Å². The van der Waals surface area contributed by atoms with Crippen LogP contribution in [0, 0.1) is 0 Å². The van der Waals surface area contributed by atoms with E-state index in [0.717, 1.165) is 11.1 Å². The van der Waals surface area contributed by atoms with Crippen molar-refractivity contribution in [3.8, 4) is 11.1 Å². The minimum atomic E-state index is -0.0333. The van der Waals surface area contributed by atoms with Crippen molar-refractivity contribution in [2.45, 2.75) is 19.9 Å². The summed E-state index contributed by atoms with van der Waals surface area (Å²) in [4.78, 5) is 12.2. The van der Waals surface area contributed by atoms with Gasteiger partial charge in [0.25, 0.3) is 0 Å². The molecular formula is C21H20N2O. The lowest BCUT2D eigenvalue weighted by Gasteiger charge is -2.02.